The van der Waals surface area contributed by atoms with Crippen molar-refractivity contribution < 1.29 is 19.1 Å². The van der Waals surface area contributed by atoms with E-state index in [2.05, 4.69) is 13.0 Å². The zero-order valence-electron chi connectivity index (χ0n) is 16.8. The molecule has 2 saturated heterocycles. The molecule has 29 heavy (non-hydrogen) atoms. The second kappa shape index (κ2) is 6.73. The maximum atomic E-state index is 13.4. The minimum atomic E-state index is -0.664. The van der Waals surface area contributed by atoms with Gasteiger partial charge in [-0.15, -0.1) is 0 Å². The molecule has 4 aliphatic rings. The van der Waals surface area contributed by atoms with Gasteiger partial charge in [-0.1, -0.05) is 35.9 Å². The Labute approximate surface area is 170 Å². The summed E-state index contributed by atoms with van der Waals surface area (Å²) in [6.07, 6.45) is 6.70. The molecule has 2 fully saturated rings. The first-order valence-electron chi connectivity index (χ1n) is 10.2. The first kappa shape index (κ1) is 18.4. The van der Waals surface area contributed by atoms with Crippen molar-refractivity contribution in [2.45, 2.75) is 31.6 Å². The molecule has 152 valence electrons. The Kier molecular flexibility index (Phi) is 4.28. The van der Waals surface area contributed by atoms with E-state index in [1.54, 1.807) is 7.11 Å². The summed E-state index contributed by atoms with van der Waals surface area (Å²) in [5.41, 5.74) is 1.66. The summed E-state index contributed by atoms with van der Waals surface area (Å²) in [7, 11) is 1.63. The first-order valence-corrected chi connectivity index (χ1v) is 10.2. The van der Waals surface area contributed by atoms with E-state index >= 15 is 0 Å². The van der Waals surface area contributed by atoms with Crippen LogP contribution >= 0.6 is 0 Å². The number of benzene rings is 1. The van der Waals surface area contributed by atoms with Gasteiger partial charge in [0.25, 0.3) is 0 Å². The second-order valence-electron chi connectivity index (χ2n) is 8.53. The second-order valence-corrected chi connectivity index (χ2v) is 8.53. The number of fused-ring (bicyclic) bond motifs is 1. The van der Waals surface area contributed by atoms with Gasteiger partial charge in [0.1, 0.15) is 11.4 Å². The first-order chi connectivity index (χ1) is 14.0. The smallest absolute Gasteiger partial charge is 0.230 e. The van der Waals surface area contributed by atoms with Crippen molar-refractivity contribution in [1.29, 1.82) is 0 Å². The van der Waals surface area contributed by atoms with E-state index in [0.29, 0.717) is 19.6 Å². The summed E-state index contributed by atoms with van der Waals surface area (Å²) in [5, 5.41) is 0. The molecule has 1 aromatic carbocycles. The summed E-state index contributed by atoms with van der Waals surface area (Å²) in [5.74, 6) is -0.0170. The highest BCUT2D eigenvalue weighted by Gasteiger charge is 2.67. The normalized spacial score (nSPS) is 32.6. The van der Waals surface area contributed by atoms with Crippen LogP contribution in [0.4, 0.5) is 0 Å². The summed E-state index contributed by atoms with van der Waals surface area (Å²) >= 11 is 0. The number of hydrogen-bond donors (Lipinski definition) is 0. The van der Waals surface area contributed by atoms with E-state index in [4.69, 9.17) is 9.47 Å². The van der Waals surface area contributed by atoms with Gasteiger partial charge < -0.3 is 19.3 Å². The van der Waals surface area contributed by atoms with Gasteiger partial charge in [0.15, 0.2) is 0 Å². The van der Waals surface area contributed by atoms with E-state index < -0.39 is 17.4 Å². The molecule has 0 radical (unpaired) electrons. The van der Waals surface area contributed by atoms with E-state index in [0.717, 1.165) is 24.3 Å². The van der Waals surface area contributed by atoms with Gasteiger partial charge >= 0.3 is 0 Å². The van der Waals surface area contributed by atoms with E-state index in [9.17, 15) is 9.59 Å². The van der Waals surface area contributed by atoms with Crippen LogP contribution < -0.4 is 4.74 Å². The van der Waals surface area contributed by atoms with Crippen molar-refractivity contribution >= 4 is 11.8 Å². The maximum absolute atomic E-state index is 13.4. The van der Waals surface area contributed by atoms with Crippen molar-refractivity contribution in [2.24, 2.45) is 11.8 Å². The lowest BCUT2D eigenvalue weighted by Crippen LogP contribution is -2.47. The average molecular weight is 394 g/mol. The molecule has 2 bridgehead atoms. The van der Waals surface area contributed by atoms with Gasteiger partial charge in [0.2, 0.25) is 11.8 Å². The van der Waals surface area contributed by atoms with Crippen LogP contribution in [0.2, 0.25) is 0 Å². The lowest BCUT2D eigenvalue weighted by molar-refractivity contribution is -0.143. The van der Waals surface area contributed by atoms with E-state index in [1.807, 2.05) is 46.2 Å². The fourth-order valence-corrected chi connectivity index (χ4v) is 5.17. The Morgan fingerprint density at radius 3 is 3.00 bits per heavy atom. The Bertz CT molecular complexity index is 923. The molecule has 5 rings (SSSR count). The Morgan fingerprint density at radius 2 is 2.24 bits per heavy atom. The molecule has 6 nitrogen and oxygen atoms in total. The standard InChI is InChI=1S/C23H26N2O4/c1-15-7-10-24(11-8-15)21(26)19-18-6-9-23(29-18)14-25(22(27)20(19)23)13-16-4-3-5-17(12-16)28-2/h3-7,9,12,18-20H,8,10-11,13-14H2,1-2H3/t18-,19?,20?,23-/m0/s1. The average Bonchev–Trinajstić information content (AvgIpc) is 3.36. The summed E-state index contributed by atoms with van der Waals surface area (Å²) in [6.45, 7) is 4.41. The van der Waals surface area contributed by atoms with Gasteiger partial charge in [-0.3, -0.25) is 9.59 Å². The lowest BCUT2D eigenvalue weighted by Gasteiger charge is -2.31. The summed E-state index contributed by atoms with van der Waals surface area (Å²) in [6, 6.07) is 7.74. The van der Waals surface area contributed by atoms with Crippen LogP contribution in [0, 0.1) is 11.8 Å². The van der Waals surface area contributed by atoms with Crippen molar-refractivity contribution in [2.75, 3.05) is 26.7 Å². The number of rotatable bonds is 4. The van der Waals surface area contributed by atoms with Crippen molar-refractivity contribution in [1.82, 2.24) is 9.80 Å². The third kappa shape index (κ3) is 2.89. The third-order valence-corrected chi connectivity index (χ3v) is 6.72. The molecule has 2 unspecified atom stereocenters. The highest BCUT2D eigenvalue weighted by molar-refractivity contribution is 5.93. The van der Waals surface area contributed by atoms with Gasteiger partial charge in [-0.25, -0.2) is 0 Å². The zero-order chi connectivity index (χ0) is 20.2. The zero-order valence-corrected chi connectivity index (χ0v) is 16.8. The Morgan fingerprint density at radius 1 is 1.38 bits per heavy atom. The number of carbonyl (C=O) groups excluding carboxylic acids is 2. The molecule has 0 saturated carbocycles. The molecule has 0 aromatic heterocycles. The van der Waals surface area contributed by atoms with Crippen molar-refractivity contribution in [3.8, 4) is 5.75 Å². The SMILES string of the molecule is COc1cccc(CN2C[C@]34C=C[C@H](O3)C(C(=O)N3CC=C(C)CC3)C4C2=O)c1. The number of carbonyl (C=O) groups is 2. The van der Waals surface area contributed by atoms with Gasteiger partial charge in [0.05, 0.1) is 31.6 Å². The quantitative estimate of drug-likeness (QED) is 0.735. The number of hydrogen-bond acceptors (Lipinski definition) is 4. The molecule has 4 heterocycles. The summed E-state index contributed by atoms with van der Waals surface area (Å²) < 4.78 is 11.5. The number of amides is 2. The van der Waals surface area contributed by atoms with Gasteiger partial charge in [0, 0.05) is 19.6 Å². The van der Waals surface area contributed by atoms with Crippen LogP contribution in [-0.2, 0) is 20.9 Å². The minimum absolute atomic E-state index is 0.0155. The number of likely N-dealkylation sites (tertiary alicyclic amines) is 1. The molecule has 6 heteroatoms. The maximum Gasteiger partial charge on any atom is 0.230 e. The Hall–Kier alpha value is -2.60. The predicted octanol–water partition coefficient (Wildman–Crippen LogP) is 2.16. The molecule has 2 amide bonds. The van der Waals surface area contributed by atoms with Crippen LogP contribution in [0.3, 0.4) is 0 Å². The fraction of sp³-hybridized carbons (Fsp3) is 0.478. The number of methoxy groups -OCH3 is 1. The predicted molar refractivity (Wildman–Crippen MR) is 107 cm³/mol. The third-order valence-electron chi connectivity index (χ3n) is 6.72. The van der Waals surface area contributed by atoms with Crippen LogP contribution in [0.1, 0.15) is 18.9 Å². The molecule has 4 aliphatic heterocycles. The molecule has 0 aliphatic carbocycles. The molecule has 0 N–H and O–H groups in total. The van der Waals surface area contributed by atoms with Crippen molar-refractivity contribution in [3.63, 3.8) is 0 Å². The van der Waals surface area contributed by atoms with Crippen LogP contribution in [0.25, 0.3) is 0 Å². The monoisotopic (exact) mass is 394 g/mol. The van der Waals surface area contributed by atoms with Crippen LogP contribution in [0.15, 0.2) is 48.1 Å². The summed E-state index contributed by atoms with van der Waals surface area (Å²) in [4.78, 5) is 30.4. The Balaban J connectivity index is 1.38. The van der Waals surface area contributed by atoms with Crippen LogP contribution in [0.5, 0.6) is 5.75 Å². The molecule has 1 aromatic rings. The van der Waals surface area contributed by atoms with Crippen LogP contribution in [-0.4, -0.2) is 60.1 Å². The molecular weight excluding hydrogens is 368 g/mol. The van der Waals surface area contributed by atoms with E-state index in [-0.39, 0.29) is 17.9 Å². The highest BCUT2D eigenvalue weighted by atomic mass is 16.5. The van der Waals surface area contributed by atoms with E-state index in [1.165, 1.54) is 5.57 Å². The van der Waals surface area contributed by atoms with Gasteiger partial charge in [-0.05, 0) is 31.0 Å². The lowest BCUT2D eigenvalue weighted by atomic mass is 9.76. The van der Waals surface area contributed by atoms with Gasteiger partial charge in [-0.2, -0.15) is 0 Å². The number of nitrogens with zero attached hydrogens (tertiary/aromatic N) is 2. The largest absolute Gasteiger partial charge is 0.497 e. The molecule has 4 atom stereocenters. The molecular formula is C23H26N2O4. The fourth-order valence-electron chi connectivity index (χ4n) is 5.17. The highest BCUT2D eigenvalue weighted by Crippen LogP contribution is 2.52. The number of ether oxygens (including phenoxy) is 2. The minimum Gasteiger partial charge on any atom is -0.497 e. The molecule has 1 spiro atoms. The topological polar surface area (TPSA) is 59.1 Å². The van der Waals surface area contributed by atoms with Crippen molar-refractivity contribution in [3.05, 3.63) is 53.6 Å².